The molecular formula is C12H26. The Labute approximate surface area is 87.2 Å². The van der Waals surface area contributed by atoms with Crippen LogP contribution in [0.2, 0.25) is 0 Å². The van der Waals surface area contributed by atoms with Crippen LogP contribution in [0.3, 0.4) is 0 Å². The molecule has 0 spiro atoms. The Bertz CT molecular complexity index is 169. The second-order valence-corrected chi connectivity index (χ2v) is 3.43. The topological polar surface area (TPSA) is 0 Å². The average molecular weight is 176 g/mol. The zero-order valence-corrected chi connectivity index (χ0v) is 7.97. The molecule has 0 N–H and O–H groups in total. The fourth-order valence-corrected chi connectivity index (χ4v) is 1.13. The Morgan fingerprint density at radius 3 is 1.58 bits per heavy atom. The van der Waals surface area contributed by atoms with Gasteiger partial charge in [0.15, 0.2) is 0 Å². The molecule has 0 saturated carbocycles. The summed E-state index contributed by atoms with van der Waals surface area (Å²) in [6, 6.07) is 0. The molecule has 0 aromatic heterocycles. The maximum Gasteiger partial charge on any atom is 0.0233 e. The van der Waals surface area contributed by atoms with E-state index in [9.17, 15) is 0 Å². The molecule has 0 heteroatoms. The summed E-state index contributed by atoms with van der Waals surface area (Å²) in [7, 11) is 0. The second-order valence-electron chi connectivity index (χ2n) is 3.43. The molecule has 0 aromatic carbocycles. The molecular weight excluding hydrogens is 144 g/mol. The van der Waals surface area contributed by atoms with Crippen molar-refractivity contribution in [1.82, 2.24) is 0 Å². The third-order valence-electron chi connectivity index (χ3n) is 2.50. The largest absolute Gasteiger partial charge is 0.0651 e. The molecule has 0 heterocycles. The summed E-state index contributed by atoms with van der Waals surface area (Å²) in [5.74, 6) is -0.134. The van der Waals surface area contributed by atoms with Gasteiger partial charge in [0.2, 0.25) is 0 Å². The van der Waals surface area contributed by atoms with Gasteiger partial charge in [-0.1, -0.05) is 54.2 Å². The summed E-state index contributed by atoms with van der Waals surface area (Å²) in [5, 5.41) is 0. The lowest BCUT2D eigenvalue weighted by molar-refractivity contribution is 0.205. The molecule has 74 valence electrons. The fourth-order valence-electron chi connectivity index (χ4n) is 1.13. The summed E-state index contributed by atoms with van der Waals surface area (Å²) >= 11 is 0. The van der Waals surface area contributed by atoms with E-state index in [4.69, 9.17) is 8.22 Å². The molecule has 4 atom stereocenters. The van der Waals surface area contributed by atoms with Gasteiger partial charge in [-0.3, -0.25) is 0 Å². The first-order valence-corrected chi connectivity index (χ1v) is 4.45. The summed E-state index contributed by atoms with van der Waals surface area (Å²) in [6.45, 7) is 1.25. The van der Waals surface area contributed by atoms with E-state index in [1.54, 1.807) is 0 Å². The molecule has 0 aliphatic rings. The van der Waals surface area contributed by atoms with E-state index < -0.39 is 0 Å². The highest BCUT2D eigenvalue weighted by atomic mass is 14.3. The van der Waals surface area contributed by atoms with Crippen molar-refractivity contribution in [3.8, 4) is 0 Å². The van der Waals surface area contributed by atoms with Gasteiger partial charge in [0, 0.05) is 8.22 Å². The zero-order valence-electron chi connectivity index (χ0n) is 14.0. The minimum Gasteiger partial charge on any atom is -0.0651 e. The predicted molar refractivity (Wildman–Crippen MR) is 57.2 cm³/mol. The van der Waals surface area contributed by atoms with Gasteiger partial charge in [-0.15, -0.1) is 0 Å². The lowest BCUT2D eigenvalue weighted by atomic mass is 9.77. The molecule has 12 heavy (non-hydrogen) atoms. The first kappa shape index (κ1) is 5.02. The first-order valence-electron chi connectivity index (χ1n) is 8.69. The first-order chi connectivity index (χ1) is 8.69. The van der Waals surface area contributed by atoms with E-state index in [2.05, 4.69) is 0 Å². The van der Waals surface area contributed by atoms with Gasteiger partial charge in [0.05, 0.1) is 0 Å². The van der Waals surface area contributed by atoms with Gasteiger partial charge in [-0.25, -0.2) is 0 Å². The van der Waals surface area contributed by atoms with Gasteiger partial charge in [0.1, 0.15) is 0 Å². The molecule has 0 saturated heterocycles. The summed E-state index contributed by atoms with van der Waals surface area (Å²) in [5.41, 5.74) is 0. The van der Waals surface area contributed by atoms with Gasteiger partial charge in [-0.05, 0) is 23.7 Å². The highest BCUT2D eigenvalue weighted by molar-refractivity contribution is 4.70. The van der Waals surface area contributed by atoms with Crippen molar-refractivity contribution in [1.29, 1.82) is 0 Å². The fraction of sp³-hybridized carbons (Fsp3) is 1.00. The molecule has 0 aliphatic heterocycles. The quantitative estimate of drug-likeness (QED) is 0.584. The molecule has 0 aliphatic carbocycles. The third kappa shape index (κ3) is 3.16. The lowest BCUT2D eigenvalue weighted by Gasteiger charge is -2.29. The van der Waals surface area contributed by atoms with Crippen LogP contribution in [0.4, 0.5) is 0 Å². The molecule has 0 fully saturated rings. The van der Waals surface area contributed by atoms with Crippen molar-refractivity contribution in [3.63, 3.8) is 0 Å². The third-order valence-corrected chi connectivity index (χ3v) is 2.50. The molecule has 0 bridgehead atoms. The van der Waals surface area contributed by atoms with Gasteiger partial charge in [0.25, 0.3) is 0 Å². The van der Waals surface area contributed by atoms with Gasteiger partial charge >= 0.3 is 0 Å². The molecule has 0 rings (SSSR count). The van der Waals surface area contributed by atoms with Crippen molar-refractivity contribution in [2.45, 2.75) is 54.2 Å². The Morgan fingerprint density at radius 1 is 0.833 bits per heavy atom. The van der Waals surface area contributed by atoms with E-state index in [0.29, 0.717) is 12.8 Å². The average Bonchev–Trinajstić information content (AvgIpc) is 2.40. The maximum absolute atomic E-state index is 7.67. The van der Waals surface area contributed by atoms with E-state index in [0.717, 1.165) is 0 Å². The van der Waals surface area contributed by atoms with Crippen molar-refractivity contribution in [3.05, 3.63) is 0 Å². The Kier molecular flexibility index (Phi) is 2.35. The molecule has 0 amide bonds. The molecule has 0 aromatic rings. The van der Waals surface area contributed by atoms with Crippen LogP contribution in [0.5, 0.6) is 0 Å². The van der Waals surface area contributed by atoms with Crippen LogP contribution in [0.15, 0.2) is 0 Å². The van der Waals surface area contributed by atoms with Crippen LogP contribution in [0.25, 0.3) is 0 Å². The molecule has 0 radical (unpaired) electrons. The van der Waals surface area contributed by atoms with Crippen molar-refractivity contribution >= 4 is 0 Å². The summed E-state index contributed by atoms with van der Waals surface area (Å²) in [4.78, 5) is 0. The van der Waals surface area contributed by atoms with E-state index in [1.807, 2.05) is 0 Å². The second kappa shape index (κ2) is 5.61. The Hall–Kier alpha value is 0. The van der Waals surface area contributed by atoms with E-state index in [1.165, 1.54) is 0 Å². The SMILES string of the molecule is [2H]CCC(C[2H])C(C[2H])C(C[2H])C(C[2H])CC[2H]. The van der Waals surface area contributed by atoms with Crippen LogP contribution in [0, 0.1) is 23.7 Å². The zero-order chi connectivity index (χ0) is 14.0. The van der Waals surface area contributed by atoms with Crippen LogP contribution in [0.1, 0.15) is 62.5 Å². The van der Waals surface area contributed by atoms with Gasteiger partial charge < -0.3 is 0 Å². The highest BCUT2D eigenvalue weighted by Crippen LogP contribution is 2.29. The number of rotatable bonds is 5. The van der Waals surface area contributed by atoms with Crippen molar-refractivity contribution in [2.75, 3.05) is 0 Å². The van der Waals surface area contributed by atoms with Crippen LogP contribution < -0.4 is 0 Å². The minimum atomic E-state index is -0.0627. The van der Waals surface area contributed by atoms with Crippen molar-refractivity contribution < 1.29 is 8.22 Å². The van der Waals surface area contributed by atoms with E-state index >= 15 is 0 Å². The van der Waals surface area contributed by atoms with Gasteiger partial charge in [-0.2, -0.15) is 0 Å². The van der Waals surface area contributed by atoms with Crippen LogP contribution >= 0.6 is 0 Å². The normalized spacial score (nSPS) is 28.0. The smallest absolute Gasteiger partial charge is 0.0233 e. The van der Waals surface area contributed by atoms with Crippen LogP contribution in [-0.2, 0) is 0 Å². The number of hydrogen-bond acceptors (Lipinski definition) is 0. The number of hydrogen-bond donors (Lipinski definition) is 0. The monoisotopic (exact) mass is 176 g/mol. The van der Waals surface area contributed by atoms with E-state index in [-0.39, 0.29) is 65.1 Å². The molecule has 4 unspecified atom stereocenters. The Balaban J connectivity index is 4.81. The highest BCUT2D eigenvalue weighted by Gasteiger charge is 2.21. The molecule has 0 nitrogen and oxygen atoms in total. The standard InChI is InChI=1S/C12H26/c1-7-9(3)11(5)12(6)10(4)8-2/h9-12H,7-8H2,1-6H3/i1D,2D,3D,4D,5D,6D. The van der Waals surface area contributed by atoms with Crippen molar-refractivity contribution in [2.24, 2.45) is 23.7 Å². The Morgan fingerprint density at radius 2 is 1.33 bits per heavy atom. The minimum absolute atomic E-state index is 0.00451. The predicted octanol–water partition coefficient (Wildman–Crippen LogP) is 4.35. The summed E-state index contributed by atoms with van der Waals surface area (Å²) in [6.07, 6.45) is 1.21. The summed E-state index contributed by atoms with van der Waals surface area (Å²) < 4.78 is 45.0. The lowest BCUT2D eigenvalue weighted by Crippen LogP contribution is -2.21. The maximum atomic E-state index is 7.67. The van der Waals surface area contributed by atoms with Crippen LogP contribution in [-0.4, -0.2) is 0 Å².